The van der Waals surface area contributed by atoms with Gasteiger partial charge < -0.3 is 19.5 Å². The number of nitrogens with zero attached hydrogens (tertiary/aromatic N) is 3. The van der Waals surface area contributed by atoms with Crippen molar-refractivity contribution >= 4 is 38.9 Å². The first-order valence-corrected chi connectivity index (χ1v) is 11.4. The summed E-state index contributed by atoms with van der Waals surface area (Å²) in [4.78, 5) is 6.78. The molecule has 2 aromatic carbocycles. The number of pyridine rings is 1. The molecule has 0 radical (unpaired) electrons. The Morgan fingerprint density at radius 2 is 1.84 bits per heavy atom. The van der Waals surface area contributed by atoms with Gasteiger partial charge in [0.1, 0.15) is 11.8 Å². The van der Waals surface area contributed by atoms with E-state index in [-0.39, 0.29) is 12.1 Å². The Hall–Kier alpha value is -3.16. The first-order chi connectivity index (χ1) is 15.7. The fourth-order valence-electron chi connectivity index (χ4n) is 4.24. The second-order valence-electron chi connectivity index (χ2n) is 7.45. The highest BCUT2D eigenvalue weighted by Gasteiger charge is 2.43. The van der Waals surface area contributed by atoms with E-state index in [1.807, 2.05) is 60.8 Å². The molecule has 7 heteroatoms. The topological polar surface area (TPSA) is 42.3 Å². The molecule has 32 heavy (non-hydrogen) atoms. The minimum Gasteiger partial charge on any atom is -0.495 e. The number of ether oxygens (including phenoxy) is 1. The average Bonchev–Trinajstić information content (AvgIpc) is 3.44. The van der Waals surface area contributed by atoms with E-state index in [9.17, 15) is 0 Å². The molecule has 160 valence electrons. The van der Waals surface area contributed by atoms with E-state index in [0.29, 0.717) is 5.11 Å². The van der Waals surface area contributed by atoms with Crippen LogP contribution in [0.4, 0.5) is 5.69 Å². The molecule has 0 saturated carbocycles. The third-order valence-electron chi connectivity index (χ3n) is 5.61. The molecule has 0 spiro atoms. The lowest BCUT2D eigenvalue weighted by atomic mass is 10.0. The maximum absolute atomic E-state index is 5.85. The van der Waals surface area contributed by atoms with Gasteiger partial charge in [-0.2, -0.15) is 0 Å². The number of methoxy groups -OCH3 is 1. The highest BCUT2D eigenvalue weighted by atomic mass is 79.9. The Bertz CT molecular complexity index is 1260. The Morgan fingerprint density at radius 3 is 2.62 bits per heavy atom. The Kier molecular flexibility index (Phi) is 5.68. The van der Waals surface area contributed by atoms with Crippen molar-refractivity contribution in [2.45, 2.75) is 12.1 Å². The van der Waals surface area contributed by atoms with Crippen LogP contribution in [0.3, 0.4) is 0 Å². The number of hydrogen-bond acceptors (Lipinski definition) is 3. The summed E-state index contributed by atoms with van der Waals surface area (Å²) in [5.74, 6) is 0.767. The molecule has 1 aliphatic rings. The summed E-state index contributed by atoms with van der Waals surface area (Å²) < 4.78 is 8.91. The van der Waals surface area contributed by atoms with E-state index in [1.54, 1.807) is 7.11 Å². The summed E-state index contributed by atoms with van der Waals surface area (Å²) in [6, 6.07) is 26.1. The first-order valence-electron chi connectivity index (χ1n) is 10.2. The van der Waals surface area contributed by atoms with Crippen molar-refractivity contribution in [1.29, 1.82) is 0 Å². The lowest BCUT2D eigenvalue weighted by Gasteiger charge is -2.30. The molecule has 5 nitrogen and oxygen atoms in total. The van der Waals surface area contributed by atoms with Gasteiger partial charge in [0.05, 0.1) is 24.5 Å². The molecule has 1 fully saturated rings. The van der Waals surface area contributed by atoms with Crippen LogP contribution < -0.4 is 15.0 Å². The molecule has 3 heterocycles. The average molecular weight is 505 g/mol. The SMILES string of the molecule is COc1ccccc1N1C(=S)NC(c2ccccn2)C1c1cccn1-c1cccc(Br)c1. The zero-order valence-corrected chi connectivity index (χ0v) is 19.8. The number of rotatable bonds is 5. The Balaban J connectivity index is 1.70. The monoisotopic (exact) mass is 504 g/mol. The van der Waals surface area contributed by atoms with E-state index in [1.165, 1.54) is 0 Å². The van der Waals surface area contributed by atoms with Crippen LogP contribution in [0.5, 0.6) is 5.75 Å². The van der Waals surface area contributed by atoms with Gasteiger partial charge >= 0.3 is 0 Å². The molecule has 4 aromatic rings. The summed E-state index contributed by atoms with van der Waals surface area (Å²) in [7, 11) is 1.68. The summed E-state index contributed by atoms with van der Waals surface area (Å²) in [5, 5.41) is 4.15. The van der Waals surface area contributed by atoms with Gasteiger partial charge in [0.2, 0.25) is 0 Å². The standard InChI is InChI=1S/C25H21BrN4OS/c1-31-22-13-3-2-11-20(22)30-24(23(28-25(30)32)19-10-4-5-14-27-19)21-12-7-15-29(21)18-9-6-8-17(26)16-18/h2-16,23-24H,1H3,(H,28,32). The van der Waals surface area contributed by atoms with Gasteiger partial charge in [-0.1, -0.05) is 40.2 Å². The van der Waals surface area contributed by atoms with Crippen LogP contribution in [0, 0.1) is 0 Å². The van der Waals surface area contributed by atoms with E-state index in [0.717, 1.165) is 33.0 Å². The van der Waals surface area contributed by atoms with E-state index in [2.05, 4.69) is 66.2 Å². The molecule has 5 rings (SSSR count). The predicted octanol–water partition coefficient (Wildman–Crippen LogP) is 5.82. The highest BCUT2D eigenvalue weighted by molar-refractivity contribution is 9.10. The summed E-state index contributed by atoms with van der Waals surface area (Å²) in [5.41, 5.74) is 4.01. The first kappa shape index (κ1) is 20.7. The normalized spacial score (nSPS) is 17.9. The third-order valence-corrected chi connectivity index (χ3v) is 6.42. The van der Waals surface area contributed by atoms with Crippen molar-refractivity contribution in [2.75, 3.05) is 12.0 Å². The van der Waals surface area contributed by atoms with Crippen molar-refractivity contribution in [1.82, 2.24) is 14.9 Å². The zero-order valence-electron chi connectivity index (χ0n) is 17.4. The summed E-state index contributed by atoms with van der Waals surface area (Å²) >= 11 is 9.45. The van der Waals surface area contributed by atoms with Crippen LogP contribution in [0.25, 0.3) is 5.69 Å². The van der Waals surface area contributed by atoms with Gasteiger partial charge in [0, 0.05) is 28.2 Å². The highest BCUT2D eigenvalue weighted by Crippen LogP contribution is 2.44. The molecule has 0 amide bonds. The Labute approximate surface area is 200 Å². The minimum atomic E-state index is -0.136. The smallest absolute Gasteiger partial charge is 0.174 e. The number of para-hydroxylation sites is 2. The van der Waals surface area contributed by atoms with Gasteiger partial charge in [-0.25, -0.2) is 0 Å². The number of aromatic nitrogens is 2. The molecule has 1 N–H and O–H groups in total. The Morgan fingerprint density at radius 1 is 1.00 bits per heavy atom. The van der Waals surface area contributed by atoms with E-state index < -0.39 is 0 Å². The lowest BCUT2D eigenvalue weighted by molar-refractivity contribution is 0.414. The number of benzene rings is 2. The van der Waals surface area contributed by atoms with Crippen molar-refractivity contribution in [2.24, 2.45) is 0 Å². The van der Waals surface area contributed by atoms with Crippen LogP contribution in [0.1, 0.15) is 23.5 Å². The maximum atomic E-state index is 5.85. The number of anilines is 1. The molecule has 1 aliphatic heterocycles. The largest absolute Gasteiger partial charge is 0.495 e. The molecular formula is C25H21BrN4OS. The number of halogens is 1. The van der Waals surface area contributed by atoms with Crippen molar-refractivity contribution in [3.63, 3.8) is 0 Å². The summed E-state index contributed by atoms with van der Waals surface area (Å²) in [6.07, 6.45) is 3.89. The number of hydrogen-bond donors (Lipinski definition) is 1. The van der Waals surface area contributed by atoms with Crippen LogP contribution in [0.2, 0.25) is 0 Å². The maximum Gasteiger partial charge on any atom is 0.174 e. The molecular weight excluding hydrogens is 484 g/mol. The zero-order chi connectivity index (χ0) is 22.1. The third kappa shape index (κ3) is 3.67. The van der Waals surface area contributed by atoms with E-state index in [4.69, 9.17) is 17.0 Å². The van der Waals surface area contributed by atoms with Gasteiger partial charge in [-0.15, -0.1) is 0 Å². The van der Waals surface area contributed by atoms with Crippen LogP contribution >= 0.6 is 28.1 Å². The summed E-state index contributed by atoms with van der Waals surface area (Å²) in [6.45, 7) is 0. The lowest BCUT2D eigenvalue weighted by Crippen LogP contribution is -2.30. The van der Waals surface area contributed by atoms with Crippen molar-refractivity contribution in [3.8, 4) is 11.4 Å². The van der Waals surface area contributed by atoms with Crippen LogP contribution in [-0.2, 0) is 0 Å². The molecule has 2 aromatic heterocycles. The molecule has 2 unspecified atom stereocenters. The predicted molar refractivity (Wildman–Crippen MR) is 134 cm³/mol. The molecule has 0 bridgehead atoms. The molecule has 1 saturated heterocycles. The van der Waals surface area contributed by atoms with Crippen molar-refractivity contribution < 1.29 is 4.74 Å². The fourth-order valence-corrected chi connectivity index (χ4v) is 4.97. The number of nitrogens with one attached hydrogen (secondary N) is 1. The number of thiocarbonyl (C=S) groups is 1. The van der Waals surface area contributed by atoms with E-state index >= 15 is 0 Å². The van der Waals surface area contributed by atoms with Gasteiger partial charge in [-0.05, 0) is 66.8 Å². The molecule has 0 aliphatic carbocycles. The second-order valence-corrected chi connectivity index (χ2v) is 8.75. The van der Waals surface area contributed by atoms with Gasteiger partial charge in [-0.3, -0.25) is 4.98 Å². The quantitative estimate of drug-likeness (QED) is 0.346. The van der Waals surface area contributed by atoms with Crippen LogP contribution in [0.15, 0.2) is 95.7 Å². The fraction of sp³-hybridized carbons (Fsp3) is 0.120. The van der Waals surface area contributed by atoms with Gasteiger partial charge in [0.25, 0.3) is 0 Å². The van der Waals surface area contributed by atoms with Crippen molar-refractivity contribution in [3.05, 3.63) is 107 Å². The van der Waals surface area contributed by atoms with Gasteiger partial charge in [0.15, 0.2) is 5.11 Å². The minimum absolute atomic E-state index is 0.130. The second kappa shape index (κ2) is 8.76. The van der Waals surface area contributed by atoms with Crippen LogP contribution in [-0.4, -0.2) is 21.8 Å². The molecule has 2 atom stereocenters.